The predicted octanol–water partition coefficient (Wildman–Crippen LogP) is 8.82. The van der Waals surface area contributed by atoms with Gasteiger partial charge in [0.25, 0.3) is 0 Å². The van der Waals surface area contributed by atoms with Gasteiger partial charge < -0.3 is 4.84 Å². The van der Waals surface area contributed by atoms with E-state index in [0.29, 0.717) is 39.8 Å². The highest BCUT2D eigenvalue weighted by Gasteiger charge is 2.72. The molecule has 0 bridgehead atoms. The van der Waals surface area contributed by atoms with Crippen LogP contribution < -0.4 is 0 Å². The van der Waals surface area contributed by atoms with E-state index in [2.05, 4.69) is 5.16 Å². The number of halogens is 7. The Labute approximate surface area is 243 Å². The molecule has 0 spiro atoms. The van der Waals surface area contributed by atoms with E-state index in [1.54, 1.807) is 68.4 Å². The summed E-state index contributed by atoms with van der Waals surface area (Å²) >= 11 is 0. The van der Waals surface area contributed by atoms with E-state index in [0.717, 1.165) is 6.92 Å². The fraction of sp³-hybridized carbons (Fsp3) is 0.344. The van der Waals surface area contributed by atoms with Crippen molar-refractivity contribution in [1.29, 1.82) is 0 Å². The Morgan fingerprint density at radius 1 is 0.837 bits per heavy atom. The summed E-state index contributed by atoms with van der Waals surface area (Å²) in [6.07, 6.45) is -8.43. The van der Waals surface area contributed by atoms with Gasteiger partial charge in [0.15, 0.2) is 5.71 Å². The van der Waals surface area contributed by atoms with Gasteiger partial charge in [-0.05, 0) is 53.6 Å². The van der Waals surface area contributed by atoms with Crippen molar-refractivity contribution in [3.8, 4) is 11.1 Å². The molecule has 0 saturated carbocycles. The van der Waals surface area contributed by atoms with E-state index in [9.17, 15) is 40.3 Å². The average molecular weight is 608 g/mol. The second-order valence-corrected chi connectivity index (χ2v) is 10.6. The van der Waals surface area contributed by atoms with Gasteiger partial charge >= 0.3 is 24.0 Å². The third-order valence-corrected chi connectivity index (χ3v) is 7.77. The number of ketones is 1. The van der Waals surface area contributed by atoms with Crippen LogP contribution in [-0.2, 0) is 15.0 Å². The van der Waals surface area contributed by atoms with Gasteiger partial charge in [-0.1, -0.05) is 79.2 Å². The first kappa shape index (κ1) is 31.9. The topological polar surface area (TPSA) is 55.7 Å². The molecule has 0 heterocycles. The molecule has 1 aliphatic rings. The zero-order valence-corrected chi connectivity index (χ0v) is 23.5. The number of hydrogen-bond acceptors (Lipinski definition) is 4. The maximum atomic E-state index is 14.6. The van der Waals surface area contributed by atoms with Gasteiger partial charge in [0.1, 0.15) is 0 Å². The monoisotopic (exact) mass is 607 g/mol. The molecule has 0 fully saturated rings. The van der Waals surface area contributed by atoms with E-state index in [4.69, 9.17) is 4.84 Å². The third kappa shape index (κ3) is 5.69. The molecule has 1 unspecified atom stereocenters. The van der Waals surface area contributed by atoms with E-state index in [1.807, 2.05) is 0 Å². The van der Waals surface area contributed by atoms with Gasteiger partial charge in [0, 0.05) is 29.9 Å². The Kier molecular flexibility index (Phi) is 8.59. The number of oxime groups is 1. The first-order chi connectivity index (χ1) is 20.1. The second-order valence-electron chi connectivity index (χ2n) is 10.6. The highest BCUT2D eigenvalue weighted by Crippen LogP contribution is 2.56. The summed E-state index contributed by atoms with van der Waals surface area (Å²) in [6, 6.07) is 17.9. The summed E-state index contributed by atoms with van der Waals surface area (Å²) in [5.41, 5.74) is 1.44. The lowest BCUT2D eigenvalue weighted by atomic mass is 9.70. The molecular formula is C32H28F7NO3. The Morgan fingerprint density at radius 3 is 2.09 bits per heavy atom. The Balaban J connectivity index is 1.86. The minimum Gasteiger partial charge on any atom is -0.318 e. The molecule has 3 aromatic carbocycles. The van der Waals surface area contributed by atoms with Crippen molar-refractivity contribution in [2.24, 2.45) is 5.16 Å². The number of hydrogen-bond donors (Lipinski definition) is 0. The van der Waals surface area contributed by atoms with Gasteiger partial charge in [-0.15, -0.1) is 0 Å². The van der Waals surface area contributed by atoms with Crippen molar-refractivity contribution < 1.29 is 45.2 Å². The SMILES string of the molecule is CCCC1(CCC(F)(F)C(F)(F)C(F)(F)F)c2ccccc2-c2ccc(C(=O)/C(=N/OC(C)=O)c3ccccc3C)cc21. The van der Waals surface area contributed by atoms with Crippen LogP contribution >= 0.6 is 0 Å². The van der Waals surface area contributed by atoms with Crippen LogP contribution in [0.1, 0.15) is 72.1 Å². The number of aryl methyl sites for hydroxylation is 1. The molecule has 0 aliphatic heterocycles. The van der Waals surface area contributed by atoms with E-state index >= 15 is 0 Å². The first-order valence-electron chi connectivity index (χ1n) is 13.5. The zero-order chi connectivity index (χ0) is 31.8. The van der Waals surface area contributed by atoms with Gasteiger partial charge in [0.2, 0.25) is 5.78 Å². The quantitative estimate of drug-likeness (QED) is 0.0761. The van der Waals surface area contributed by atoms with Crippen LogP contribution in [0.5, 0.6) is 0 Å². The predicted molar refractivity (Wildman–Crippen MR) is 147 cm³/mol. The maximum Gasteiger partial charge on any atom is 0.459 e. The number of nitrogens with zero attached hydrogens (tertiary/aromatic N) is 1. The molecular weight excluding hydrogens is 579 g/mol. The summed E-state index contributed by atoms with van der Waals surface area (Å²) in [4.78, 5) is 30.2. The number of benzene rings is 3. The molecule has 1 atom stereocenters. The number of carbonyl (C=O) groups is 2. The molecule has 0 amide bonds. The van der Waals surface area contributed by atoms with Crippen molar-refractivity contribution in [3.63, 3.8) is 0 Å². The van der Waals surface area contributed by atoms with Crippen LogP contribution in [0.3, 0.4) is 0 Å². The molecule has 4 nitrogen and oxygen atoms in total. The van der Waals surface area contributed by atoms with Gasteiger partial charge in [-0.2, -0.15) is 30.7 Å². The normalized spacial score (nSPS) is 16.9. The fourth-order valence-electron chi connectivity index (χ4n) is 5.72. The summed E-state index contributed by atoms with van der Waals surface area (Å²) in [7, 11) is 0. The van der Waals surface area contributed by atoms with Crippen molar-refractivity contribution >= 4 is 17.5 Å². The zero-order valence-electron chi connectivity index (χ0n) is 23.5. The minimum absolute atomic E-state index is 0.0357. The van der Waals surface area contributed by atoms with Gasteiger partial charge in [0.05, 0.1) is 0 Å². The highest BCUT2D eigenvalue weighted by molar-refractivity contribution is 6.51. The molecule has 3 aromatic rings. The Morgan fingerprint density at radius 2 is 1.47 bits per heavy atom. The number of alkyl halides is 7. The van der Waals surface area contributed by atoms with Crippen LogP contribution in [0.2, 0.25) is 0 Å². The van der Waals surface area contributed by atoms with Gasteiger partial charge in [-0.3, -0.25) is 4.79 Å². The summed E-state index contributed by atoms with van der Waals surface area (Å²) in [6.45, 7) is 4.56. The molecule has 1 aliphatic carbocycles. The second kappa shape index (κ2) is 11.6. The van der Waals surface area contributed by atoms with Crippen LogP contribution in [0, 0.1) is 6.92 Å². The molecule has 0 saturated heterocycles. The largest absolute Gasteiger partial charge is 0.459 e. The van der Waals surface area contributed by atoms with Crippen molar-refractivity contribution in [1.82, 2.24) is 0 Å². The minimum atomic E-state index is -6.44. The summed E-state index contributed by atoms with van der Waals surface area (Å²) in [5, 5.41) is 3.78. The third-order valence-electron chi connectivity index (χ3n) is 7.77. The lowest BCUT2D eigenvalue weighted by Crippen LogP contribution is -2.52. The lowest BCUT2D eigenvalue weighted by Gasteiger charge is -2.35. The number of fused-ring (bicyclic) bond motifs is 3. The smallest absolute Gasteiger partial charge is 0.318 e. The van der Waals surface area contributed by atoms with Gasteiger partial charge in [-0.25, -0.2) is 4.79 Å². The average Bonchev–Trinajstić information content (AvgIpc) is 3.21. The summed E-state index contributed by atoms with van der Waals surface area (Å²) < 4.78 is 95.9. The Hall–Kier alpha value is -4.02. The molecule has 0 aromatic heterocycles. The first-order valence-corrected chi connectivity index (χ1v) is 13.5. The van der Waals surface area contributed by atoms with Crippen LogP contribution in [-0.4, -0.2) is 35.5 Å². The lowest BCUT2D eigenvalue weighted by molar-refractivity contribution is -0.356. The Bertz CT molecular complexity index is 1580. The molecule has 228 valence electrons. The molecule has 11 heteroatoms. The van der Waals surface area contributed by atoms with Crippen LogP contribution in [0.15, 0.2) is 71.9 Å². The summed E-state index contributed by atoms with van der Waals surface area (Å²) in [5.74, 6) is -13.1. The van der Waals surface area contributed by atoms with E-state index < -0.39 is 48.0 Å². The number of Topliss-reactive ketones (excluding diaryl/α,β-unsaturated/α-hetero) is 1. The number of carbonyl (C=O) groups excluding carboxylic acids is 2. The highest BCUT2D eigenvalue weighted by atomic mass is 19.4. The molecule has 43 heavy (non-hydrogen) atoms. The molecule has 0 radical (unpaired) electrons. The van der Waals surface area contributed by atoms with Crippen LogP contribution in [0.25, 0.3) is 11.1 Å². The van der Waals surface area contributed by atoms with Crippen molar-refractivity contribution in [2.45, 2.75) is 69.9 Å². The van der Waals surface area contributed by atoms with E-state index in [1.165, 1.54) is 12.1 Å². The molecule has 4 rings (SSSR count). The van der Waals surface area contributed by atoms with Crippen LogP contribution in [0.4, 0.5) is 30.7 Å². The maximum absolute atomic E-state index is 14.6. The van der Waals surface area contributed by atoms with Crippen molar-refractivity contribution in [2.75, 3.05) is 0 Å². The fourth-order valence-corrected chi connectivity index (χ4v) is 5.72. The standard InChI is InChI=1S/C32H28F7NO3/c1-4-15-29(16-17-30(33,34)31(35,36)32(37,38)39)25-12-8-7-11-23(25)24-14-13-21(18-26(24)29)28(42)27(40-43-20(3)41)22-10-6-5-9-19(22)2/h5-14,18H,4,15-17H2,1-3H3/b40-27+. The number of rotatable bonds is 10. The van der Waals surface area contributed by atoms with Crippen molar-refractivity contribution in [3.05, 3.63) is 94.5 Å². The molecule has 0 N–H and O–H groups in total. The van der Waals surface area contributed by atoms with E-state index in [-0.39, 0.29) is 17.7 Å².